The van der Waals surface area contributed by atoms with Crippen LogP contribution in [0.15, 0.2) is 95.9 Å². The minimum Gasteiger partial charge on any atom is -0.272 e. The first-order valence-corrected chi connectivity index (χ1v) is 10.7. The molecule has 1 saturated heterocycles. The number of anilines is 2. The number of rotatable bonds is 6. The number of carbonyl (C=O) groups is 2. The first-order valence-electron chi connectivity index (χ1n) is 9.38. The average Bonchev–Trinajstić information content (AvgIpc) is 3.03. The van der Waals surface area contributed by atoms with Crippen LogP contribution in [0.2, 0.25) is 0 Å². The van der Waals surface area contributed by atoms with Gasteiger partial charge >= 0.3 is 0 Å². The van der Waals surface area contributed by atoms with Crippen molar-refractivity contribution in [2.45, 2.75) is 11.3 Å². The predicted molar refractivity (Wildman–Crippen MR) is 124 cm³/mol. The van der Waals surface area contributed by atoms with Crippen molar-refractivity contribution in [1.29, 1.82) is 0 Å². The Morgan fingerprint density at radius 2 is 1.07 bits per heavy atom. The summed E-state index contributed by atoms with van der Waals surface area (Å²) in [5.41, 5.74) is 1.25. The molecule has 1 aliphatic rings. The standard InChI is InChI=1S/C23H20N2O3S.BrH/c26-22-21(16-17-29(28)20-14-8-3-9-15-20)23(27)25(19-12-6-2-7-13-19)24(22)18-10-4-1-5-11-18;/h1-15,21H,16-17H2;1H. The molecular weight excluding hydrogens is 464 g/mol. The summed E-state index contributed by atoms with van der Waals surface area (Å²) in [5, 5.41) is 2.85. The van der Waals surface area contributed by atoms with Crippen LogP contribution in [0.5, 0.6) is 0 Å². The van der Waals surface area contributed by atoms with Crippen LogP contribution in [0.1, 0.15) is 6.42 Å². The molecule has 0 N–H and O–H groups in total. The summed E-state index contributed by atoms with van der Waals surface area (Å²) >= 11 is 0. The highest BCUT2D eigenvalue weighted by Crippen LogP contribution is 2.33. The number of hydrogen-bond donors (Lipinski definition) is 0. The summed E-state index contributed by atoms with van der Waals surface area (Å²) in [6, 6.07) is 27.3. The third-order valence-electron chi connectivity index (χ3n) is 4.81. The van der Waals surface area contributed by atoms with E-state index in [0.29, 0.717) is 16.3 Å². The lowest BCUT2D eigenvalue weighted by Gasteiger charge is -2.27. The second kappa shape index (κ2) is 9.82. The van der Waals surface area contributed by atoms with Crippen molar-refractivity contribution < 1.29 is 13.8 Å². The summed E-state index contributed by atoms with van der Waals surface area (Å²) in [6.07, 6.45) is 0.228. The molecule has 3 aromatic carbocycles. The Kier molecular flexibility index (Phi) is 7.18. The van der Waals surface area contributed by atoms with Gasteiger partial charge < -0.3 is 0 Å². The largest absolute Gasteiger partial charge is 0.272 e. The van der Waals surface area contributed by atoms with Crippen LogP contribution in [-0.2, 0) is 20.4 Å². The van der Waals surface area contributed by atoms with Crippen LogP contribution < -0.4 is 10.0 Å². The van der Waals surface area contributed by atoms with E-state index in [-0.39, 0.29) is 41.0 Å². The van der Waals surface area contributed by atoms with Crippen molar-refractivity contribution in [3.63, 3.8) is 0 Å². The summed E-state index contributed by atoms with van der Waals surface area (Å²) in [5.74, 6) is -1.20. The smallest absolute Gasteiger partial charge is 0.258 e. The number of carbonyl (C=O) groups excluding carboxylic acids is 2. The Balaban J connectivity index is 0.00000256. The molecule has 5 nitrogen and oxygen atoms in total. The molecule has 1 heterocycles. The number of hydrogen-bond acceptors (Lipinski definition) is 3. The molecule has 0 saturated carbocycles. The summed E-state index contributed by atoms with van der Waals surface area (Å²) in [4.78, 5) is 27.1. The Hall–Kier alpha value is -2.77. The van der Waals surface area contributed by atoms with E-state index in [2.05, 4.69) is 0 Å². The van der Waals surface area contributed by atoms with Crippen molar-refractivity contribution in [1.82, 2.24) is 0 Å². The highest BCUT2D eigenvalue weighted by Gasteiger charge is 2.46. The van der Waals surface area contributed by atoms with Gasteiger partial charge in [0.2, 0.25) is 0 Å². The summed E-state index contributed by atoms with van der Waals surface area (Å²) in [7, 11) is -1.26. The van der Waals surface area contributed by atoms with E-state index in [1.807, 2.05) is 54.6 Å². The second-order valence-corrected chi connectivity index (χ2v) is 8.25. The Morgan fingerprint density at radius 1 is 0.667 bits per heavy atom. The van der Waals surface area contributed by atoms with Crippen LogP contribution in [-0.4, -0.2) is 21.8 Å². The molecular formula is C23H21BrN2O3S. The average molecular weight is 485 g/mol. The quantitative estimate of drug-likeness (QED) is 0.488. The van der Waals surface area contributed by atoms with Gasteiger partial charge in [0.05, 0.1) is 22.2 Å². The van der Waals surface area contributed by atoms with Crippen molar-refractivity contribution >= 4 is 51.0 Å². The van der Waals surface area contributed by atoms with Gasteiger partial charge in [0.1, 0.15) is 5.92 Å². The van der Waals surface area contributed by atoms with E-state index in [0.717, 1.165) is 0 Å². The second-order valence-electron chi connectivity index (χ2n) is 6.68. The van der Waals surface area contributed by atoms with Crippen molar-refractivity contribution in [3.05, 3.63) is 91.0 Å². The molecule has 1 fully saturated rings. The molecule has 0 bridgehead atoms. The Labute approximate surface area is 188 Å². The predicted octanol–water partition coefficient (Wildman–Crippen LogP) is 4.37. The van der Waals surface area contributed by atoms with Gasteiger partial charge in [-0.15, -0.1) is 17.0 Å². The fourth-order valence-corrected chi connectivity index (χ4v) is 4.53. The number of nitrogens with zero attached hydrogens (tertiary/aromatic N) is 2. The zero-order valence-electron chi connectivity index (χ0n) is 16.1. The number of benzene rings is 3. The molecule has 0 aromatic heterocycles. The minimum atomic E-state index is -1.26. The van der Waals surface area contributed by atoms with Gasteiger partial charge in [-0.25, -0.2) is 10.0 Å². The maximum Gasteiger partial charge on any atom is 0.258 e. The number of para-hydroxylation sites is 2. The van der Waals surface area contributed by atoms with Gasteiger partial charge in [0.25, 0.3) is 11.8 Å². The van der Waals surface area contributed by atoms with Gasteiger partial charge in [-0.1, -0.05) is 54.6 Å². The van der Waals surface area contributed by atoms with E-state index in [9.17, 15) is 13.8 Å². The lowest BCUT2D eigenvalue weighted by molar-refractivity contribution is -0.127. The zero-order chi connectivity index (χ0) is 20.2. The van der Waals surface area contributed by atoms with Crippen molar-refractivity contribution in [2.75, 3.05) is 15.8 Å². The van der Waals surface area contributed by atoms with Crippen molar-refractivity contribution in [3.8, 4) is 0 Å². The third kappa shape index (κ3) is 4.37. The lowest BCUT2D eigenvalue weighted by Crippen LogP contribution is -2.41. The van der Waals surface area contributed by atoms with E-state index in [4.69, 9.17) is 0 Å². The van der Waals surface area contributed by atoms with Gasteiger partial charge in [0.15, 0.2) is 0 Å². The molecule has 7 heteroatoms. The topological polar surface area (TPSA) is 57.7 Å². The normalized spacial score (nSPS) is 15.2. The molecule has 4 rings (SSSR count). The molecule has 30 heavy (non-hydrogen) atoms. The molecule has 154 valence electrons. The maximum absolute atomic E-state index is 13.2. The monoisotopic (exact) mass is 484 g/mol. The highest BCUT2D eigenvalue weighted by molar-refractivity contribution is 8.93. The molecule has 0 radical (unpaired) electrons. The van der Waals surface area contributed by atoms with Crippen LogP contribution in [0.3, 0.4) is 0 Å². The van der Waals surface area contributed by atoms with Crippen LogP contribution >= 0.6 is 17.0 Å². The molecule has 0 spiro atoms. The molecule has 1 atom stereocenters. The first kappa shape index (κ1) is 21.9. The van der Waals surface area contributed by atoms with E-state index in [1.54, 1.807) is 36.4 Å². The summed E-state index contributed by atoms with van der Waals surface area (Å²) < 4.78 is 12.6. The van der Waals surface area contributed by atoms with Crippen LogP contribution in [0.4, 0.5) is 11.4 Å². The molecule has 2 amide bonds. The number of hydrazine groups is 1. The third-order valence-corrected chi connectivity index (χ3v) is 6.22. The number of halogens is 1. The first-order chi connectivity index (χ1) is 14.2. The van der Waals surface area contributed by atoms with E-state index < -0.39 is 16.7 Å². The van der Waals surface area contributed by atoms with Gasteiger partial charge in [0, 0.05) is 10.6 Å². The van der Waals surface area contributed by atoms with Crippen LogP contribution in [0.25, 0.3) is 0 Å². The zero-order valence-corrected chi connectivity index (χ0v) is 18.6. The Morgan fingerprint density at radius 3 is 1.50 bits per heavy atom. The van der Waals surface area contributed by atoms with E-state index >= 15 is 0 Å². The minimum absolute atomic E-state index is 0. The maximum atomic E-state index is 13.2. The Bertz CT molecular complexity index is 975. The van der Waals surface area contributed by atoms with Gasteiger partial charge in [-0.2, -0.15) is 0 Å². The highest BCUT2D eigenvalue weighted by atomic mass is 79.9. The lowest BCUT2D eigenvalue weighted by atomic mass is 10.1. The SMILES string of the molecule is Br.O=C1C(CCS(=O)c2ccccc2)C(=O)N(c2ccccc2)N1c1ccccc1. The van der Waals surface area contributed by atoms with Gasteiger partial charge in [-0.3, -0.25) is 13.8 Å². The molecule has 1 unspecified atom stereocenters. The molecule has 0 aliphatic carbocycles. The molecule has 3 aromatic rings. The fourth-order valence-electron chi connectivity index (χ4n) is 3.38. The van der Waals surface area contributed by atoms with Gasteiger partial charge in [-0.05, 0) is 42.8 Å². The summed E-state index contributed by atoms with van der Waals surface area (Å²) in [6.45, 7) is 0. The molecule has 1 aliphatic heterocycles. The van der Waals surface area contributed by atoms with Crippen molar-refractivity contribution in [2.24, 2.45) is 5.92 Å². The van der Waals surface area contributed by atoms with Crippen LogP contribution in [0, 0.1) is 5.92 Å². The fraction of sp³-hybridized carbons (Fsp3) is 0.130. The van der Waals surface area contributed by atoms with E-state index in [1.165, 1.54) is 10.0 Å². The number of amides is 2.